The summed E-state index contributed by atoms with van der Waals surface area (Å²) in [6.07, 6.45) is 1.55. The van der Waals surface area contributed by atoms with Gasteiger partial charge in [-0.05, 0) is 52.3 Å². The first-order valence-electron chi connectivity index (χ1n) is 10.4. The molecule has 3 aromatic carbocycles. The Kier molecular flexibility index (Phi) is 7.77. The van der Waals surface area contributed by atoms with Crippen molar-refractivity contribution in [1.82, 2.24) is 9.66 Å². The van der Waals surface area contributed by atoms with Crippen LogP contribution in [0.25, 0.3) is 10.9 Å². The summed E-state index contributed by atoms with van der Waals surface area (Å²) in [6.45, 7) is 4.18. The van der Waals surface area contributed by atoms with E-state index in [9.17, 15) is 4.79 Å². The van der Waals surface area contributed by atoms with Gasteiger partial charge in [0.05, 0.1) is 21.6 Å². The number of nitrogens with zero attached hydrogens (tertiary/aromatic N) is 3. The average molecular weight is 624 g/mol. The van der Waals surface area contributed by atoms with Gasteiger partial charge in [0.15, 0.2) is 0 Å². The van der Waals surface area contributed by atoms with E-state index in [4.69, 9.17) is 27.9 Å². The lowest BCUT2D eigenvalue weighted by atomic mass is 10.2. The summed E-state index contributed by atoms with van der Waals surface area (Å²) < 4.78 is 8.86. The van der Waals surface area contributed by atoms with E-state index in [-0.39, 0.29) is 18.1 Å². The second-order valence-corrected chi connectivity index (χ2v) is 10.4. The van der Waals surface area contributed by atoms with Crippen molar-refractivity contribution in [2.45, 2.75) is 26.4 Å². The summed E-state index contributed by atoms with van der Waals surface area (Å²) in [7, 11) is 0. The molecule has 0 saturated heterocycles. The second-order valence-electron chi connectivity index (χ2n) is 7.83. The highest BCUT2D eigenvalue weighted by Crippen LogP contribution is 2.33. The minimum absolute atomic E-state index is 0.0278. The molecule has 0 amide bonds. The number of fused-ring (bicyclic) bond motifs is 1. The fraction of sp³-hybridized carbons (Fsp3) is 0.160. The molecule has 4 rings (SSSR count). The van der Waals surface area contributed by atoms with Crippen LogP contribution in [0.5, 0.6) is 5.75 Å². The summed E-state index contributed by atoms with van der Waals surface area (Å²) >= 11 is 19.5. The molecule has 0 saturated carbocycles. The van der Waals surface area contributed by atoms with Gasteiger partial charge in [-0.25, -0.2) is 4.98 Å². The van der Waals surface area contributed by atoms with Crippen molar-refractivity contribution >= 4 is 72.2 Å². The van der Waals surface area contributed by atoms with E-state index in [2.05, 4.69) is 41.9 Å². The van der Waals surface area contributed by atoms with Crippen LogP contribution in [0.1, 0.15) is 36.7 Å². The van der Waals surface area contributed by atoms with E-state index < -0.39 is 0 Å². The van der Waals surface area contributed by atoms with Crippen molar-refractivity contribution < 1.29 is 4.74 Å². The minimum Gasteiger partial charge on any atom is -0.487 e. The predicted octanol–water partition coefficient (Wildman–Crippen LogP) is 7.81. The van der Waals surface area contributed by atoms with Crippen LogP contribution in [0.15, 0.2) is 73.4 Å². The van der Waals surface area contributed by atoms with Gasteiger partial charge in [-0.15, -0.1) is 0 Å². The summed E-state index contributed by atoms with van der Waals surface area (Å²) in [5.41, 5.74) is 1.81. The Bertz CT molecular complexity index is 1470. The van der Waals surface area contributed by atoms with Crippen LogP contribution < -0.4 is 10.3 Å². The smallest absolute Gasteiger partial charge is 0.282 e. The number of aromatic nitrogens is 2. The minimum atomic E-state index is -0.258. The molecule has 0 aliphatic rings. The Morgan fingerprint density at radius 1 is 1.12 bits per heavy atom. The zero-order chi connectivity index (χ0) is 24.4. The maximum Gasteiger partial charge on any atom is 0.282 e. The quantitative estimate of drug-likeness (QED) is 0.206. The van der Waals surface area contributed by atoms with Gasteiger partial charge >= 0.3 is 0 Å². The van der Waals surface area contributed by atoms with Crippen molar-refractivity contribution in [3.63, 3.8) is 0 Å². The van der Waals surface area contributed by atoms with Crippen LogP contribution in [0, 0.1) is 0 Å². The fourth-order valence-electron chi connectivity index (χ4n) is 3.36. The zero-order valence-corrected chi connectivity index (χ0v) is 22.9. The van der Waals surface area contributed by atoms with Crippen LogP contribution >= 0.6 is 55.1 Å². The average Bonchev–Trinajstić information content (AvgIpc) is 2.79. The molecule has 0 atom stereocenters. The molecule has 0 fully saturated rings. The molecule has 0 N–H and O–H groups in total. The Hall–Kier alpha value is -2.19. The van der Waals surface area contributed by atoms with E-state index in [1.165, 1.54) is 4.68 Å². The molecule has 5 nitrogen and oxygen atoms in total. The van der Waals surface area contributed by atoms with Gasteiger partial charge in [-0.3, -0.25) is 4.79 Å². The predicted molar refractivity (Wildman–Crippen MR) is 146 cm³/mol. The first-order chi connectivity index (χ1) is 16.2. The Morgan fingerprint density at radius 2 is 1.88 bits per heavy atom. The van der Waals surface area contributed by atoms with Gasteiger partial charge in [0.1, 0.15) is 18.2 Å². The topological polar surface area (TPSA) is 56.5 Å². The van der Waals surface area contributed by atoms with Crippen molar-refractivity contribution in [3.8, 4) is 5.75 Å². The molecule has 4 aromatic rings. The molecule has 0 unspecified atom stereocenters. The van der Waals surface area contributed by atoms with Gasteiger partial charge in [0.2, 0.25) is 0 Å². The van der Waals surface area contributed by atoms with Crippen LogP contribution in [0.3, 0.4) is 0 Å². The summed E-state index contributed by atoms with van der Waals surface area (Å²) in [5.74, 6) is 1.05. The number of hydrogen-bond acceptors (Lipinski definition) is 4. The maximum absolute atomic E-state index is 13.3. The van der Waals surface area contributed by atoms with Crippen LogP contribution in [-0.4, -0.2) is 15.9 Å². The molecule has 0 aliphatic carbocycles. The largest absolute Gasteiger partial charge is 0.487 e. The lowest BCUT2D eigenvalue weighted by Crippen LogP contribution is -2.23. The van der Waals surface area contributed by atoms with Crippen LogP contribution in [0.4, 0.5) is 0 Å². The van der Waals surface area contributed by atoms with E-state index in [1.807, 2.05) is 50.2 Å². The molecular formula is C25H19Br2Cl2N3O2. The molecule has 1 heterocycles. The maximum atomic E-state index is 13.3. The lowest BCUT2D eigenvalue weighted by Gasteiger charge is -2.14. The first-order valence-corrected chi connectivity index (χ1v) is 12.7. The van der Waals surface area contributed by atoms with Crippen molar-refractivity contribution in [2.75, 3.05) is 0 Å². The van der Waals surface area contributed by atoms with Crippen molar-refractivity contribution in [3.05, 3.63) is 101 Å². The molecule has 9 heteroatoms. The molecule has 34 heavy (non-hydrogen) atoms. The first kappa shape index (κ1) is 24.9. The molecule has 0 bridgehead atoms. The molecule has 0 aliphatic heterocycles. The Balaban J connectivity index is 1.78. The zero-order valence-electron chi connectivity index (χ0n) is 18.2. The van der Waals surface area contributed by atoms with Gasteiger partial charge in [0.25, 0.3) is 5.56 Å². The Labute approximate surface area is 223 Å². The Morgan fingerprint density at radius 3 is 2.62 bits per heavy atom. The molecule has 0 spiro atoms. The molecule has 0 radical (unpaired) electrons. The molecule has 174 valence electrons. The number of ether oxygens (including phenoxy) is 1. The van der Waals surface area contributed by atoms with Crippen LogP contribution in [-0.2, 0) is 6.61 Å². The van der Waals surface area contributed by atoms with Crippen molar-refractivity contribution in [2.24, 2.45) is 5.10 Å². The summed E-state index contributed by atoms with van der Waals surface area (Å²) in [6, 6.07) is 16.3. The SMILES string of the molecule is CC(C)c1nc2ccc(Br)cc2c(=O)n1N=Cc1cc(Cl)cc(Br)c1OCc1ccccc1Cl. The van der Waals surface area contributed by atoms with Gasteiger partial charge in [-0.2, -0.15) is 9.78 Å². The highest BCUT2D eigenvalue weighted by molar-refractivity contribution is 9.10. The lowest BCUT2D eigenvalue weighted by molar-refractivity contribution is 0.304. The number of halogens is 4. The molecular weight excluding hydrogens is 605 g/mol. The summed E-state index contributed by atoms with van der Waals surface area (Å²) in [4.78, 5) is 18.0. The van der Waals surface area contributed by atoms with E-state index in [0.717, 1.165) is 10.0 Å². The third-order valence-corrected chi connectivity index (χ3v) is 6.70. The highest BCUT2D eigenvalue weighted by Gasteiger charge is 2.15. The number of rotatable bonds is 6. The monoisotopic (exact) mass is 621 g/mol. The molecule has 1 aromatic heterocycles. The second kappa shape index (κ2) is 10.6. The van der Waals surface area contributed by atoms with Gasteiger partial charge in [0, 0.05) is 31.6 Å². The summed E-state index contributed by atoms with van der Waals surface area (Å²) in [5, 5.41) is 6.09. The third kappa shape index (κ3) is 5.38. The van der Waals surface area contributed by atoms with Gasteiger partial charge in [-0.1, -0.05) is 71.2 Å². The van der Waals surface area contributed by atoms with E-state index in [0.29, 0.717) is 42.6 Å². The van der Waals surface area contributed by atoms with Crippen molar-refractivity contribution in [1.29, 1.82) is 0 Å². The highest BCUT2D eigenvalue weighted by atomic mass is 79.9. The third-order valence-electron chi connectivity index (χ3n) is 5.03. The van der Waals surface area contributed by atoms with Gasteiger partial charge < -0.3 is 4.74 Å². The van der Waals surface area contributed by atoms with Crippen LogP contribution in [0.2, 0.25) is 10.0 Å². The van der Waals surface area contributed by atoms with E-state index >= 15 is 0 Å². The fourth-order valence-corrected chi connectivity index (χ4v) is 4.86. The normalized spacial score (nSPS) is 11.6. The van der Waals surface area contributed by atoms with E-state index in [1.54, 1.807) is 24.4 Å². The number of hydrogen-bond donors (Lipinski definition) is 0. The number of benzene rings is 3. The standard InChI is InChI=1S/C25H19Br2Cl2N3O2/c1-14(2)24-31-22-8-7-17(26)10-19(22)25(33)32(24)30-12-16-9-18(28)11-20(27)23(16)34-13-15-5-3-4-6-21(15)29/h3-12,14H,13H2,1-2H3.